The number of hydrogen-bond acceptors (Lipinski definition) is 3. The molecule has 1 aliphatic rings. The van der Waals surface area contributed by atoms with Gasteiger partial charge < -0.3 is 15.2 Å². The molecule has 0 aliphatic carbocycles. The molecule has 3 rings (SSSR count). The Kier molecular flexibility index (Phi) is 4.76. The normalized spacial score (nSPS) is 21.0. The van der Waals surface area contributed by atoms with Crippen LogP contribution in [0.15, 0.2) is 42.5 Å². The summed E-state index contributed by atoms with van der Waals surface area (Å²) in [4.78, 5) is 12.6. The van der Waals surface area contributed by atoms with Gasteiger partial charge in [0, 0.05) is 11.1 Å². The Labute approximate surface area is 153 Å². The summed E-state index contributed by atoms with van der Waals surface area (Å²) in [6.45, 7) is 7.73. The molecule has 0 saturated heterocycles. The zero-order valence-corrected chi connectivity index (χ0v) is 15.4. The number of amides is 1. The van der Waals surface area contributed by atoms with Gasteiger partial charge in [0.05, 0.1) is 6.04 Å². The smallest absolute Gasteiger partial charge is 0.251 e. The molecule has 1 aliphatic heterocycles. The fraction of sp³-hybridized carbons (Fsp3) is 0.381. The summed E-state index contributed by atoms with van der Waals surface area (Å²) in [6, 6.07) is 10.6. The van der Waals surface area contributed by atoms with Crippen LogP contribution in [-0.4, -0.2) is 22.7 Å². The number of ether oxygens (including phenoxy) is 1. The van der Waals surface area contributed by atoms with Crippen LogP contribution in [0, 0.1) is 5.82 Å². The summed E-state index contributed by atoms with van der Waals surface area (Å²) in [5, 5.41) is 13.7. The summed E-state index contributed by atoms with van der Waals surface area (Å²) in [7, 11) is 0. The number of hydrogen-bond donors (Lipinski definition) is 2. The molecular weight excluding hydrogens is 333 g/mol. The molecule has 2 aromatic rings. The maximum atomic E-state index is 13.1. The van der Waals surface area contributed by atoms with Crippen molar-refractivity contribution >= 4 is 5.91 Å². The standard InChI is InChI=1S/C21H24FNO3/c1-12(2)14-7-10-17-16(11-14)18(19(24)21(3,4)26-17)23-20(25)13-5-8-15(22)9-6-13/h5-12,18-19,24H,1-4H3,(H,23,25)/t18-,19+/m0/s1. The van der Waals surface area contributed by atoms with Gasteiger partial charge in [0.15, 0.2) is 0 Å². The van der Waals surface area contributed by atoms with E-state index in [4.69, 9.17) is 4.74 Å². The van der Waals surface area contributed by atoms with E-state index in [1.54, 1.807) is 13.8 Å². The van der Waals surface area contributed by atoms with E-state index in [0.717, 1.165) is 11.1 Å². The van der Waals surface area contributed by atoms with Crippen LogP contribution in [-0.2, 0) is 0 Å². The summed E-state index contributed by atoms with van der Waals surface area (Å²) in [5.41, 5.74) is 1.33. The molecule has 1 amide bonds. The van der Waals surface area contributed by atoms with Gasteiger partial charge in [-0.3, -0.25) is 4.79 Å². The van der Waals surface area contributed by atoms with Gasteiger partial charge in [-0.1, -0.05) is 19.9 Å². The van der Waals surface area contributed by atoms with E-state index in [1.807, 2.05) is 18.2 Å². The topological polar surface area (TPSA) is 58.6 Å². The number of halogens is 1. The first kappa shape index (κ1) is 18.4. The van der Waals surface area contributed by atoms with Gasteiger partial charge in [0.25, 0.3) is 5.91 Å². The van der Waals surface area contributed by atoms with Crippen molar-refractivity contribution in [2.24, 2.45) is 0 Å². The highest BCUT2D eigenvalue weighted by Gasteiger charge is 2.43. The zero-order chi connectivity index (χ0) is 19.1. The van der Waals surface area contributed by atoms with Crippen molar-refractivity contribution in [3.8, 4) is 5.75 Å². The van der Waals surface area contributed by atoms with Crippen LogP contribution in [0.2, 0.25) is 0 Å². The maximum Gasteiger partial charge on any atom is 0.251 e. The molecule has 4 nitrogen and oxygen atoms in total. The van der Waals surface area contributed by atoms with Crippen molar-refractivity contribution < 1.29 is 19.0 Å². The fourth-order valence-corrected chi connectivity index (χ4v) is 3.16. The lowest BCUT2D eigenvalue weighted by Crippen LogP contribution is -2.53. The lowest BCUT2D eigenvalue weighted by atomic mass is 9.85. The molecule has 0 fully saturated rings. The quantitative estimate of drug-likeness (QED) is 0.874. The molecule has 0 aromatic heterocycles. The summed E-state index contributed by atoms with van der Waals surface area (Å²) >= 11 is 0. The van der Waals surface area contributed by atoms with Crippen LogP contribution in [0.25, 0.3) is 0 Å². The number of fused-ring (bicyclic) bond motifs is 1. The molecule has 5 heteroatoms. The summed E-state index contributed by atoms with van der Waals surface area (Å²) in [5.74, 6) is 0.184. The molecule has 0 bridgehead atoms. The van der Waals surface area contributed by atoms with Crippen LogP contribution in [0.5, 0.6) is 5.75 Å². The molecule has 26 heavy (non-hydrogen) atoms. The third-order valence-electron chi connectivity index (χ3n) is 4.83. The van der Waals surface area contributed by atoms with Gasteiger partial charge in [-0.25, -0.2) is 4.39 Å². The van der Waals surface area contributed by atoms with E-state index in [2.05, 4.69) is 19.2 Å². The van der Waals surface area contributed by atoms with Gasteiger partial charge in [0.2, 0.25) is 0 Å². The van der Waals surface area contributed by atoms with Crippen LogP contribution >= 0.6 is 0 Å². The second-order valence-corrected chi connectivity index (χ2v) is 7.56. The number of carbonyl (C=O) groups excluding carboxylic acids is 1. The average Bonchev–Trinajstić information content (AvgIpc) is 2.58. The minimum atomic E-state index is -0.929. The molecule has 138 valence electrons. The molecule has 2 atom stereocenters. The average molecular weight is 357 g/mol. The Bertz CT molecular complexity index is 815. The Balaban J connectivity index is 1.97. The SMILES string of the molecule is CC(C)c1ccc2c(c1)[C@H](NC(=O)c1ccc(F)cc1)[C@@H](O)C(C)(C)O2. The highest BCUT2D eigenvalue weighted by molar-refractivity contribution is 5.94. The van der Waals surface area contributed by atoms with E-state index < -0.39 is 23.6 Å². The molecular formula is C21H24FNO3. The van der Waals surface area contributed by atoms with Crippen molar-refractivity contribution in [3.05, 3.63) is 65.0 Å². The molecule has 2 aromatic carbocycles. The molecule has 0 unspecified atom stereocenters. The van der Waals surface area contributed by atoms with Crippen LogP contribution < -0.4 is 10.1 Å². The van der Waals surface area contributed by atoms with E-state index in [0.29, 0.717) is 17.2 Å². The Morgan fingerprint density at radius 1 is 1.19 bits per heavy atom. The van der Waals surface area contributed by atoms with Gasteiger partial charge in [0.1, 0.15) is 23.3 Å². The van der Waals surface area contributed by atoms with Crippen molar-refractivity contribution in [1.29, 1.82) is 0 Å². The summed E-state index contributed by atoms with van der Waals surface area (Å²) in [6.07, 6.45) is -0.929. The molecule has 0 saturated carbocycles. The van der Waals surface area contributed by atoms with Gasteiger partial charge in [-0.15, -0.1) is 0 Å². The molecule has 0 spiro atoms. The lowest BCUT2D eigenvalue weighted by molar-refractivity contribution is -0.0628. The monoisotopic (exact) mass is 357 g/mol. The fourth-order valence-electron chi connectivity index (χ4n) is 3.16. The van der Waals surface area contributed by atoms with E-state index in [-0.39, 0.29) is 5.91 Å². The van der Waals surface area contributed by atoms with Crippen molar-refractivity contribution in [1.82, 2.24) is 5.32 Å². The maximum absolute atomic E-state index is 13.1. The molecule has 0 radical (unpaired) electrons. The first-order chi connectivity index (χ1) is 12.2. The van der Waals surface area contributed by atoms with Gasteiger partial charge in [-0.05, 0) is 61.7 Å². The second-order valence-electron chi connectivity index (χ2n) is 7.56. The van der Waals surface area contributed by atoms with E-state index in [9.17, 15) is 14.3 Å². The zero-order valence-electron chi connectivity index (χ0n) is 15.4. The minimum Gasteiger partial charge on any atom is -0.485 e. The third kappa shape index (κ3) is 3.44. The van der Waals surface area contributed by atoms with Gasteiger partial charge >= 0.3 is 0 Å². The Morgan fingerprint density at radius 3 is 2.46 bits per heavy atom. The number of benzene rings is 2. The van der Waals surface area contributed by atoms with Crippen molar-refractivity contribution in [2.45, 2.75) is 51.4 Å². The highest BCUT2D eigenvalue weighted by atomic mass is 19.1. The minimum absolute atomic E-state index is 0.306. The molecule has 1 heterocycles. The Morgan fingerprint density at radius 2 is 1.85 bits per heavy atom. The molecule has 2 N–H and O–H groups in total. The lowest BCUT2D eigenvalue weighted by Gasteiger charge is -2.42. The highest BCUT2D eigenvalue weighted by Crippen LogP contribution is 2.41. The third-order valence-corrected chi connectivity index (χ3v) is 4.83. The number of nitrogens with one attached hydrogen (secondary N) is 1. The van der Waals surface area contributed by atoms with Crippen LogP contribution in [0.1, 0.15) is 61.1 Å². The van der Waals surface area contributed by atoms with Crippen molar-refractivity contribution in [3.63, 3.8) is 0 Å². The van der Waals surface area contributed by atoms with Crippen molar-refractivity contribution in [2.75, 3.05) is 0 Å². The van der Waals surface area contributed by atoms with E-state index in [1.165, 1.54) is 24.3 Å². The van der Waals surface area contributed by atoms with Crippen LogP contribution in [0.4, 0.5) is 4.39 Å². The number of aliphatic hydroxyl groups excluding tert-OH is 1. The number of aliphatic hydroxyl groups is 1. The predicted molar refractivity (Wildman–Crippen MR) is 97.9 cm³/mol. The van der Waals surface area contributed by atoms with Gasteiger partial charge in [-0.2, -0.15) is 0 Å². The second kappa shape index (κ2) is 6.72. The van der Waals surface area contributed by atoms with E-state index >= 15 is 0 Å². The largest absolute Gasteiger partial charge is 0.485 e. The Hall–Kier alpha value is -2.40. The number of carbonyl (C=O) groups is 1. The van der Waals surface area contributed by atoms with Crippen LogP contribution in [0.3, 0.4) is 0 Å². The first-order valence-electron chi connectivity index (χ1n) is 8.76. The first-order valence-corrected chi connectivity index (χ1v) is 8.76. The number of rotatable bonds is 3. The summed E-state index contributed by atoms with van der Waals surface area (Å²) < 4.78 is 19.0. The predicted octanol–water partition coefficient (Wildman–Crippen LogP) is 3.95.